The largest absolute Gasteiger partial charge is 0.357 e. The maximum absolute atomic E-state index is 13.9. The van der Waals surface area contributed by atoms with Gasteiger partial charge in [-0.15, -0.1) is 0 Å². The Morgan fingerprint density at radius 2 is 1.94 bits per heavy atom. The molecule has 2 rings (SSSR count). The Bertz CT molecular complexity index is 993. The second kappa shape index (κ2) is 12.4. The van der Waals surface area contributed by atoms with Gasteiger partial charge in [0.05, 0.1) is 0 Å². The molecular weight excluding hydrogens is 450 g/mol. The predicted molar refractivity (Wildman–Crippen MR) is 140 cm³/mol. The molecule has 35 heavy (non-hydrogen) atoms. The molecule has 1 aromatic rings. The van der Waals surface area contributed by atoms with Gasteiger partial charge in [-0.25, -0.2) is 13.8 Å². The fourth-order valence-corrected chi connectivity index (χ4v) is 4.40. The van der Waals surface area contributed by atoms with Gasteiger partial charge in [-0.2, -0.15) is 0 Å². The minimum absolute atomic E-state index is 0. The first-order chi connectivity index (χ1) is 16.4. The van der Waals surface area contributed by atoms with Crippen LogP contribution in [0.15, 0.2) is 34.5 Å². The third-order valence-electron chi connectivity index (χ3n) is 6.52. The van der Waals surface area contributed by atoms with Gasteiger partial charge in [-0.1, -0.05) is 40.2 Å². The minimum Gasteiger partial charge on any atom is -0.357 e. The van der Waals surface area contributed by atoms with Crippen molar-refractivity contribution in [3.05, 3.63) is 46.7 Å². The van der Waals surface area contributed by atoms with Crippen LogP contribution in [-0.2, 0) is 9.59 Å². The van der Waals surface area contributed by atoms with Crippen molar-refractivity contribution < 1.29 is 21.2 Å². The zero-order valence-electron chi connectivity index (χ0n) is 22.1. The second-order valence-electron chi connectivity index (χ2n) is 10.5. The number of nitrogens with one attached hydrogen (secondary N) is 2. The summed E-state index contributed by atoms with van der Waals surface area (Å²) in [5, 5.41) is 5.50. The van der Waals surface area contributed by atoms with E-state index in [4.69, 9.17) is 0 Å². The van der Waals surface area contributed by atoms with Crippen molar-refractivity contribution in [1.29, 1.82) is 0 Å². The molecule has 0 aliphatic carbocycles. The van der Waals surface area contributed by atoms with Gasteiger partial charge in [-0.3, -0.25) is 9.59 Å². The van der Waals surface area contributed by atoms with E-state index < -0.39 is 29.0 Å². The molecular formula is C27H44F2N4O2. The lowest BCUT2D eigenvalue weighted by atomic mass is 9.86. The van der Waals surface area contributed by atoms with Crippen molar-refractivity contribution in [3.63, 3.8) is 0 Å². The van der Waals surface area contributed by atoms with E-state index in [-0.39, 0.29) is 14.5 Å². The summed E-state index contributed by atoms with van der Waals surface area (Å²) >= 11 is 0. The van der Waals surface area contributed by atoms with Gasteiger partial charge >= 0.3 is 0 Å². The highest BCUT2D eigenvalue weighted by atomic mass is 19.2. The van der Waals surface area contributed by atoms with Gasteiger partial charge in [0.15, 0.2) is 11.6 Å². The van der Waals surface area contributed by atoms with Gasteiger partial charge in [0.25, 0.3) is 5.91 Å². The number of amides is 2. The summed E-state index contributed by atoms with van der Waals surface area (Å²) in [5.41, 5.74) is 1.35. The summed E-state index contributed by atoms with van der Waals surface area (Å²) < 4.78 is 27.3. The van der Waals surface area contributed by atoms with E-state index in [9.17, 15) is 18.4 Å². The van der Waals surface area contributed by atoms with Crippen LogP contribution in [0.5, 0.6) is 0 Å². The number of hydrogen-bond donors (Lipinski definition) is 2. The quantitative estimate of drug-likeness (QED) is 0.435. The van der Waals surface area contributed by atoms with E-state index in [1.807, 2.05) is 27.8 Å². The smallest absolute Gasteiger partial charge is 0.270 e. The van der Waals surface area contributed by atoms with Crippen molar-refractivity contribution in [2.24, 2.45) is 16.3 Å². The van der Waals surface area contributed by atoms with Crippen LogP contribution in [0.2, 0.25) is 0 Å². The average molecular weight is 495 g/mol. The van der Waals surface area contributed by atoms with Gasteiger partial charge in [0.1, 0.15) is 11.7 Å². The summed E-state index contributed by atoms with van der Waals surface area (Å²) in [6.45, 7) is 11.0. The van der Waals surface area contributed by atoms with Gasteiger partial charge in [0.2, 0.25) is 5.91 Å². The molecule has 2 N–H and O–H groups in total. The Labute approximate surface area is 211 Å². The number of carbonyl (C=O) groups excluding carboxylic acids is 2. The van der Waals surface area contributed by atoms with Crippen molar-refractivity contribution in [2.75, 3.05) is 27.2 Å². The molecule has 2 amide bonds. The number of aliphatic imine (C=N–C) groups is 1. The molecule has 0 saturated carbocycles. The summed E-state index contributed by atoms with van der Waals surface area (Å²) in [4.78, 5) is 33.0. The third-order valence-corrected chi connectivity index (χ3v) is 6.52. The summed E-state index contributed by atoms with van der Waals surface area (Å²) in [6.07, 6.45) is 3.77. The first-order valence-corrected chi connectivity index (χ1v) is 12.3. The van der Waals surface area contributed by atoms with E-state index in [1.165, 1.54) is 13.1 Å². The van der Waals surface area contributed by atoms with Crippen molar-refractivity contribution in [2.45, 2.75) is 66.3 Å². The monoisotopic (exact) mass is 494 g/mol. The molecule has 1 unspecified atom stereocenters. The molecule has 1 aliphatic rings. The molecule has 1 saturated heterocycles. The molecule has 2 atom stereocenters. The van der Waals surface area contributed by atoms with E-state index in [2.05, 4.69) is 27.4 Å². The molecule has 198 valence electrons. The van der Waals surface area contributed by atoms with Crippen molar-refractivity contribution in [3.8, 4) is 0 Å². The normalized spacial score (nSPS) is 20.5. The van der Waals surface area contributed by atoms with Crippen LogP contribution in [0.1, 0.15) is 68.7 Å². The predicted octanol–water partition coefficient (Wildman–Crippen LogP) is 4.94. The Hall–Kier alpha value is -2.61. The number of benzene rings is 1. The Morgan fingerprint density at radius 3 is 2.51 bits per heavy atom. The Kier molecular flexibility index (Phi) is 10.1. The standard InChI is InChI=1S/C27H40F2N4O2.2H2/c1-8-18-10-9-11-20(16-33(7)15-18)23(25(34)32-24(26(35)30-6)27(3,4)5)31-17(2)19-12-13-21(28)22(29)14-19;;/h12-14,18,24H,8-11,15-16H2,1-7H3,(H,30,35)(H,32,34);2*1H/b23-20+,31-17?;;/t18?,24-;;/m1../s1. The van der Waals surface area contributed by atoms with E-state index in [0.717, 1.165) is 43.5 Å². The van der Waals surface area contributed by atoms with Crippen LogP contribution in [0, 0.1) is 23.0 Å². The lowest BCUT2D eigenvalue weighted by molar-refractivity contribution is -0.129. The van der Waals surface area contributed by atoms with Gasteiger partial charge < -0.3 is 15.5 Å². The second-order valence-corrected chi connectivity index (χ2v) is 10.5. The van der Waals surface area contributed by atoms with Crippen molar-refractivity contribution in [1.82, 2.24) is 15.5 Å². The number of likely N-dealkylation sites (N-methyl/N-ethyl adjacent to an activating group) is 2. The van der Waals surface area contributed by atoms with E-state index in [0.29, 0.717) is 30.2 Å². The SMILES string of the molecule is CCC1CCC/C(=C(\N=C(C)c2ccc(F)c(F)c2)C(=O)N[C@H](C(=O)NC)C(C)(C)C)CN(C)C1.[HH].[HH]. The third kappa shape index (κ3) is 7.95. The highest BCUT2D eigenvalue weighted by Gasteiger charge is 2.33. The average Bonchev–Trinajstić information content (AvgIpc) is 2.78. The van der Waals surface area contributed by atoms with E-state index in [1.54, 1.807) is 6.92 Å². The molecule has 1 heterocycles. The molecule has 0 radical (unpaired) electrons. The summed E-state index contributed by atoms with van der Waals surface area (Å²) in [6, 6.07) is 2.79. The number of carbonyl (C=O) groups is 2. The molecule has 0 bridgehead atoms. The lowest BCUT2D eigenvalue weighted by Gasteiger charge is -2.31. The molecule has 1 aliphatic heterocycles. The topological polar surface area (TPSA) is 73.8 Å². The number of halogens is 2. The number of likely N-dealkylation sites (tertiary alicyclic amines) is 1. The molecule has 0 spiro atoms. The minimum atomic E-state index is -0.973. The van der Waals surface area contributed by atoms with Crippen LogP contribution in [0.4, 0.5) is 8.78 Å². The maximum Gasteiger partial charge on any atom is 0.270 e. The molecule has 0 aromatic heterocycles. The Morgan fingerprint density at radius 1 is 1.26 bits per heavy atom. The zero-order chi connectivity index (χ0) is 26.3. The first-order valence-electron chi connectivity index (χ1n) is 12.3. The zero-order valence-corrected chi connectivity index (χ0v) is 22.1. The van der Waals surface area contributed by atoms with Crippen LogP contribution in [-0.4, -0.2) is 55.7 Å². The summed E-state index contributed by atoms with van der Waals surface area (Å²) in [7, 11) is 3.56. The molecule has 1 fully saturated rings. The number of hydrogen-bond acceptors (Lipinski definition) is 4. The fraction of sp³-hybridized carbons (Fsp3) is 0.593. The number of rotatable bonds is 6. The fourth-order valence-electron chi connectivity index (χ4n) is 4.40. The van der Waals surface area contributed by atoms with Gasteiger partial charge in [0, 0.05) is 28.7 Å². The van der Waals surface area contributed by atoms with Gasteiger partial charge in [-0.05, 0) is 67.8 Å². The van der Waals surface area contributed by atoms with Crippen LogP contribution >= 0.6 is 0 Å². The molecule has 6 nitrogen and oxygen atoms in total. The molecule has 1 aromatic carbocycles. The van der Waals surface area contributed by atoms with Crippen LogP contribution < -0.4 is 10.6 Å². The van der Waals surface area contributed by atoms with Crippen LogP contribution in [0.25, 0.3) is 0 Å². The summed E-state index contributed by atoms with van der Waals surface area (Å²) in [5.74, 6) is -2.06. The maximum atomic E-state index is 13.9. The number of nitrogens with zero attached hydrogens (tertiary/aromatic N) is 2. The molecule has 8 heteroatoms. The first kappa shape index (κ1) is 28.6. The van der Waals surface area contributed by atoms with Crippen molar-refractivity contribution >= 4 is 17.5 Å². The van der Waals surface area contributed by atoms with E-state index >= 15 is 0 Å². The Balaban J connectivity index is 0.00000648. The highest BCUT2D eigenvalue weighted by Crippen LogP contribution is 2.26. The highest BCUT2D eigenvalue weighted by molar-refractivity contribution is 6.04. The van der Waals surface area contributed by atoms with Crippen LogP contribution in [0.3, 0.4) is 0 Å². The lowest BCUT2D eigenvalue weighted by Crippen LogP contribution is -2.53.